The molecule has 0 radical (unpaired) electrons. The fourth-order valence-electron chi connectivity index (χ4n) is 4.57. The number of carbonyl (C=O) groups excluding carboxylic acids is 2. The molecule has 10 heteroatoms. The van der Waals surface area contributed by atoms with Gasteiger partial charge in [0.2, 0.25) is 0 Å². The van der Waals surface area contributed by atoms with E-state index in [1.807, 2.05) is 36.4 Å². The summed E-state index contributed by atoms with van der Waals surface area (Å²) in [6, 6.07) is 11.5. The molecule has 2 aromatic rings. The van der Waals surface area contributed by atoms with Gasteiger partial charge in [0.15, 0.2) is 0 Å². The van der Waals surface area contributed by atoms with E-state index in [1.165, 1.54) is 11.1 Å². The zero-order valence-corrected chi connectivity index (χ0v) is 21.4. The maximum absolute atomic E-state index is 12.3. The highest BCUT2D eigenvalue weighted by atomic mass is 35.5. The number of rotatable bonds is 10. The lowest BCUT2D eigenvalue weighted by Gasteiger charge is -2.25. The SMILES string of the molecule is NCC(CN1CCc2ccc(Cl)cc21)OC(=O)/C=C/C(=O)OC(CN)CN1CCc2ccc(Cl)cc21. The molecule has 2 heterocycles. The molecule has 4 N–H and O–H groups in total. The first-order chi connectivity index (χ1) is 17.4. The molecular weight excluding hydrogens is 503 g/mol. The maximum Gasteiger partial charge on any atom is 0.331 e. The van der Waals surface area contributed by atoms with E-state index in [4.69, 9.17) is 44.1 Å². The fraction of sp³-hybridized carbons (Fsp3) is 0.385. The number of benzene rings is 2. The third kappa shape index (κ3) is 6.50. The molecule has 0 saturated carbocycles. The topological polar surface area (TPSA) is 111 Å². The van der Waals surface area contributed by atoms with Crippen LogP contribution in [0.3, 0.4) is 0 Å². The highest BCUT2D eigenvalue weighted by molar-refractivity contribution is 6.31. The van der Waals surface area contributed by atoms with Gasteiger partial charge in [-0.3, -0.25) is 0 Å². The van der Waals surface area contributed by atoms with Crippen molar-refractivity contribution in [1.82, 2.24) is 0 Å². The minimum absolute atomic E-state index is 0.146. The third-order valence-electron chi connectivity index (χ3n) is 6.37. The first-order valence-electron chi connectivity index (χ1n) is 11.9. The van der Waals surface area contributed by atoms with Crippen LogP contribution in [-0.4, -0.2) is 63.4 Å². The summed E-state index contributed by atoms with van der Waals surface area (Å²) in [6.07, 6.45) is 2.81. The van der Waals surface area contributed by atoms with Crippen LogP contribution in [0.25, 0.3) is 0 Å². The Balaban J connectivity index is 1.27. The van der Waals surface area contributed by atoms with Gasteiger partial charge in [0, 0.05) is 59.8 Å². The Labute approximate surface area is 220 Å². The van der Waals surface area contributed by atoms with Crippen molar-refractivity contribution in [1.29, 1.82) is 0 Å². The number of nitrogens with two attached hydrogens (primary N) is 2. The summed E-state index contributed by atoms with van der Waals surface area (Å²) >= 11 is 12.3. The maximum atomic E-state index is 12.3. The van der Waals surface area contributed by atoms with E-state index < -0.39 is 24.1 Å². The molecule has 36 heavy (non-hydrogen) atoms. The Morgan fingerprint density at radius 1 is 0.806 bits per heavy atom. The molecule has 0 bridgehead atoms. The first-order valence-corrected chi connectivity index (χ1v) is 12.7. The van der Waals surface area contributed by atoms with Crippen LogP contribution in [0.1, 0.15) is 11.1 Å². The van der Waals surface area contributed by atoms with E-state index in [-0.39, 0.29) is 13.1 Å². The molecule has 0 aliphatic carbocycles. The summed E-state index contributed by atoms with van der Waals surface area (Å²) in [6.45, 7) is 2.75. The summed E-state index contributed by atoms with van der Waals surface area (Å²) in [5, 5.41) is 1.30. The largest absolute Gasteiger partial charge is 0.456 e. The van der Waals surface area contributed by atoms with Crippen molar-refractivity contribution in [3.05, 3.63) is 69.7 Å². The van der Waals surface area contributed by atoms with Gasteiger partial charge < -0.3 is 30.7 Å². The zero-order valence-electron chi connectivity index (χ0n) is 19.9. The lowest BCUT2D eigenvalue weighted by Crippen LogP contribution is -2.39. The van der Waals surface area contributed by atoms with E-state index in [2.05, 4.69) is 9.80 Å². The van der Waals surface area contributed by atoms with Crippen molar-refractivity contribution >= 4 is 46.5 Å². The molecule has 192 valence electrons. The van der Waals surface area contributed by atoms with Crippen LogP contribution in [0.15, 0.2) is 48.6 Å². The van der Waals surface area contributed by atoms with Crippen molar-refractivity contribution in [3.8, 4) is 0 Å². The highest BCUT2D eigenvalue weighted by Crippen LogP contribution is 2.32. The zero-order chi connectivity index (χ0) is 25.7. The first kappa shape index (κ1) is 26.3. The second kappa shape index (κ2) is 12.0. The molecule has 2 aromatic carbocycles. The summed E-state index contributed by atoms with van der Waals surface area (Å²) in [5.74, 6) is -1.33. The average Bonchev–Trinajstić information content (AvgIpc) is 3.45. The van der Waals surface area contributed by atoms with Gasteiger partial charge in [0.1, 0.15) is 12.2 Å². The number of carbonyl (C=O) groups is 2. The smallest absolute Gasteiger partial charge is 0.331 e. The second-order valence-electron chi connectivity index (χ2n) is 8.86. The molecule has 2 atom stereocenters. The average molecular weight is 533 g/mol. The predicted octanol–water partition coefficient (Wildman–Crippen LogP) is 2.72. The van der Waals surface area contributed by atoms with Crippen molar-refractivity contribution in [2.75, 3.05) is 49.1 Å². The second-order valence-corrected chi connectivity index (χ2v) is 9.73. The van der Waals surface area contributed by atoms with Crippen molar-refractivity contribution in [2.24, 2.45) is 11.5 Å². The molecule has 0 amide bonds. The number of anilines is 2. The lowest BCUT2D eigenvalue weighted by molar-refractivity contribution is -0.145. The molecule has 0 aromatic heterocycles. The van der Waals surface area contributed by atoms with Crippen LogP contribution in [0.4, 0.5) is 11.4 Å². The highest BCUT2D eigenvalue weighted by Gasteiger charge is 2.25. The van der Waals surface area contributed by atoms with Gasteiger partial charge in [-0.2, -0.15) is 0 Å². The normalized spacial score (nSPS) is 16.1. The number of esters is 2. The van der Waals surface area contributed by atoms with Gasteiger partial charge in [0.05, 0.1) is 13.1 Å². The van der Waals surface area contributed by atoms with Crippen LogP contribution in [0, 0.1) is 0 Å². The van der Waals surface area contributed by atoms with Crippen LogP contribution in [0.5, 0.6) is 0 Å². The van der Waals surface area contributed by atoms with Crippen molar-refractivity contribution < 1.29 is 19.1 Å². The van der Waals surface area contributed by atoms with Crippen LogP contribution in [0.2, 0.25) is 10.0 Å². The summed E-state index contributed by atoms with van der Waals surface area (Å²) < 4.78 is 10.9. The van der Waals surface area contributed by atoms with Gasteiger partial charge in [0.25, 0.3) is 0 Å². The van der Waals surface area contributed by atoms with Gasteiger partial charge in [-0.1, -0.05) is 35.3 Å². The van der Waals surface area contributed by atoms with E-state index >= 15 is 0 Å². The quantitative estimate of drug-likeness (QED) is 0.355. The third-order valence-corrected chi connectivity index (χ3v) is 6.84. The van der Waals surface area contributed by atoms with E-state index in [0.29, 0.717) is 23.1 Å². The van der Waals surface area contributed by atoms with Crippen LogP contribution >= 0.6 is 23.2 Å². The minimum atomic E-state index is -0.666. The Morgan fingerprint density at radius 3 is 1.61 bits per heavy atom. The molecule has 8 nitrogen and oxygen atoms in total. The molecular formula is C26H30Cl2N4O4. The van der Waals surface area contributed by atoms with Crippen LogP contribution in [-0.2, 0) is 31.9 Å². The Hall–Kier alpha value is -2.78. The number of nitrogens with zero attached hydrogens (tertiary/aromatic N) is 2. The number of fused-ring (bicyclic) bond motifs is 2. The molecule has 2 aliphatic heterocycles. The molecule has 2 unspecified atom stereocenters. The van der Waals surface area contributed by atoms with E-state index in [9.17, 15) is 9.59 Å². The number of hydrogen-bond donors (Lipinski definition) is 2. The summed E-state index contributed by atoms with van der Waals surface area (Å²) in [4.78, 5) is 28.9. The van der Waals surface area contributed by atoms with Gasteiger partial charge >= 0.3 is 11.9 Å². The summed E-state index contributed by atoms with van der Waals surface area (Å²) in [5.41, 5.74) is 16.1. The Kier molecular flexibility index (Phi) is 8.74. The molecule has 2 aliphatic rings. The van der Waals surface area contributed by atoms with Gasteiger partial charge in [-0.05, 0) is 48.2 Å². The standard InChI is InChI=1S/C26H30Cl2N4O4/c27-19-3-1-17-7-9-31(23(17)11-19)15-21(13-29)35-25(33)5-6-26(34)36-22(14-30)16-32-10-8-18-2-4-20(28)12-24(18)32/h1-6,11-12,21-22H,7-10,13-16,29-30H2/b6-5+. The monoisotopic (exact) mass is 532 g/mol. The Morgan fingerprint density at radius 2 is 1.22 bits per heavy atom. The van der Waals surface area contributed by atoms with Crippen LogP contribution < -0.4 is 21.3 Å². The Bertz CT molecular complexity index is 1060. The van der Waals surface area contributed by atoms with E-state index in [1.54, 1.807) is 0 Å². The van der Waals surface area contributed by atoms with Gasteiger partial charge in [-0.25, -0.2) is 9.59 Å². The minimum Gasteiger partial charge on any atom is -0.456 e. The fourth-order valence-corrected chi connectivity index (χ4v) is 4.90. The molecule has 0 saturated heterocycles. The number of ether oxygens (including phenoxy) is 2. The number of halogens is 2. The van der Waals surface area contributed by atoms with Crippen molar-refractivity contribution in [3.63, 3.8) is 0 Å². The lowest BCUT2D eigenvalue weighted by atomic mass is 10.2. The molecule has 0 fully saturated rings. The van der Waals surface area contributed by atoms with Gasteiger partial charge in [-0.15, -0.1) is 0 Å². The summed E-state index contributed by atoms with van der Waals surface area (Å²) in [7, 11) is 0. The van der Waals surface area contributed by atoms with Crippen molar-refractivity contribution in [2.45, 2.75) is 25.0 Å². The van der Waals surface area contributed by atoms with E-state index in [0.717, 1.165) is 49.5 Å². The number of hydrogen-bond acceptors (Lipinski definition) is 8. The molecule has 0 spiro atoms. The molecule has 4 rings (SSSR count). The predicted molar refractivity (Wildman–Crippen MR) is 142 cm³/mol.